The van der Waals surface area contributed by atoms with E-state index in [1.807, 2.05) is 0 Å². The van der Waals surface area contributed by atoms with Crippen molar-refractivity contribution in [3.05, 3.63) is 29.3 Å². The van der Waals surface area contributed by atoms with Crippen LogP contribution in [0.25, 0.3) is 0 Å². The van der Waals surface area contributed by atoms with Crippen LogP contribution in [-0.4, -0.2) is 11.9 Å². The highest BCUT2D eigenvalue weighted by Crippen LogP contribution is 2.34. The van der Waals surface area contributed by atoms with E-state index in [2.05, 4.69) is 48.0 Å². The summed E-state index contributed by atoms with van der Waals surface area (Å²) in [5.74, 6) is 1.06. The third kappa shape index (κ3) is 3.78. The molecule has 0 fully saturated rings. The number of rotatable bonds is 8. The van der Waals surface area contributed by atoms with Crippen molar-refractivity contribution >= 4 is 15.9 Å². The highest BCUT2D eigenvalue weighted by molar-refractivity contribution is 9.09. The van der Waals surface area contributed by atoms with Crippen LogP contribution in [0.1, 0.15) is 57.1 Å². The third-order valence-electron chi connectivity index (χ3n) is 4.46. The second kappa shape index (κ2) is 7.49. The fourth-order valence-electron chi connectivity index (χ4n) is 3.38. The molecule has 0 spiro atoms. The van der Waals surface area contributed by atoms with Gasteiger partial charge in [-0.3, -0.25) is 0 Å². The fraction of sp³-hybridized carbons (Fsp3) is 0.667. The summed E-state index contributed by atoms with van der Waals surface area (Å²) in [6, 6.07) is 6.67. The molecule has 1 aromatic carbocycles. The highest BCUT2D eigenvalue weighted by Gasteiger charge is 2.28. The number of halogens is 1. The molecule has 0 N–H and O–H groups in total. The minimum absolute atomic E-state index is 0.294. The molecule has 1 nitrogen and oxygen atoms in total. The van der Waals surface area contributed by atoms with Crippen LogP contribution in [0, 0.1) is 5.41 Å². The van der Waals surface area contributed by atoms with Crippen molar-refractivity contribution in [2.45, 2.75) is 58.8 Å². The first kappa shape index (κ1) is 15.9. The molecule has 20 heavy (non-hydrogen) atoms. The van der Waals surface area contributed by atoms with Crippen LogP contribution >= 0.6 is 15.9 Å². The average molecular weight is 339 g/mol. The monoisotopic (exact) mass is 338 g/mol. The number of hydrogen-bond donors (Lipinski definition) is 0. The molecule has 0 amide bonds. The number of hydrogen-bond acceptors (Lipinski definition) is 1. The lowest BCUT2D eigenvalue weighted by molar-refractivity contribution is 0.144. The molecule has 1 aliphatic rings. The Labute approximate surface area is 132 Å². The van der Waals surface area contributed by atoms with Gasteiger partial charge in [0.2, 0.25) is 0 Å². The van der Waals surface area contributed by atoms with Crippen LogP contribution in [0.4, 0.5) is 0 Å². The van der Waals surface area contributed by atoms with Gasteiger partial charge in [-0.15, -0.1) is 0 Å². The molecule has 2 heteroatoms. The normalized spacial score (nSPS) is 14.3. The van der Waals surface area contributed by atoms with Crippen molar-refractivity contribution in [3.63, 3.8) is 0 Å². The molecule has 0 aromatic heterocycles. The second-order valence-corrected chi connectivity index (χ2v) is 6.77. The molecule has 1 aliphatic carbocycles. The topological polar surface area (TPSA) is 9.23 Å². The minimum atomic E-state index is 0.294. The number of ether oxygens (including phenoxy) is 1. The Morgan fingerprint density at radius 1 is 1.10 bits per heavy atom. The van der Waals surface area contributed by atoms with E-state index in [1.165, 1.54) is 56.1 Å². The van der Waals surface area contributed by atoms with E-state index >= 15 is 0 Å². The zero-order chi connectivity index (χ0) is 14.4. The Hall–Kier alpha value is -0.500. The SMILES string of the molecule is CCCC(CBr)(CCC)COc1ccc2c(c1)CCC2. The molecule has 2 rings (SSSR count). The van der Waals surface area contributed by atoms with Gasteiger partial charge in [0.05, 0.1) is 6.61 Å². The molecule has 112 valence electrons. The van der Waals surface area contributed by atoms with Gasteiger partial charge in [0.15, 0.2) is 0 Å². The smallest absolute Gasteiger partial charge is 0.119 e. The van der Waals surface area contributed by atoms with Crippen LogP contribution in [0.2, 0.25) is 0 Å². The summed E-state index contributed by atoms with van der Waals surface area (Å²) in [6.07, 6.45) is 8.68. The summed E-state index contributed by atoms with van der Waals surface area (Å²) in [4.78, 5) is 0. The molecule has 0 bridgehead atoms. The largest absolute Gasteiger partial charge is 0.493 e. The van der Waals surface area contributed by atoms with E-state index in [-0.39, 0.29) is 0 Å². The number of aryl methyl sites for hydroxylation is 2. The van der Waals surface area contributed by atoms with Crippen LogP contribution in [0.5, 0.6) is 5.75 Å². The first-order valence-electron chi connectivity index (χ1n) is 8.03. The fourth-order valence-corrected chi connectivity index (χ4v) is 4.10. The zero-order valence-corrected chi connectivity index (χ0v) is 14.5. The molecular formula is C18H27BrO. The van der Waals surface area contributed by atoms with E-state index in [9.17, 15) is 0 Å². The molecule has 0 atom stereocenters. The Kier molecular flexibility index (Phi) is 5.95. The summed E-state index contributed by atoms with van der Waals surface area (Å²) in [6.45, 7) is 5.36. The van der Waals surface area contributed by atoms with Crippen LogP contribution in [-0.2, 0) is 12.8 Å². The Balaban J connectivity index is 2.01. The Morgan fingerprint density at radius 2 is 1.80 bits per heavy atom. The molecule has 1 aromatic rings. The first-order chi connectivity index (χ1) is 9.73. The van der Waals surface area contributed by atoms with Gasteiger partial charge in [0.25, 0.3) is 0 Å². The second-order valence-electron chi connectivity index (χ2n) is 6.21. The van der Waals surface area contributed by atoms with Gasteiger partial charge in [-0.05, 0) is 55.4 Å². The quantitative estimate of drug-likeness (QED) is 0.565. The predicted octanol–water partition coefficient (Wildman–Crippen LogP) is 5.54. The highest BCUT2D eigenvalue weighted by atomic mass is 79.9. The molecule has 0 aliphatic heterocycles. The zero-order valence-electron chi connectivity index (χ0n) is 12.9. The van der Waals surface area contributed by atoms with Gasteiger partial charge >= 0.3 is 0 Å². The van der Waals surface area contributed by atoms with Gasteiger partial charge in [0, 0.05) is 10.7 Å². The molecule has 0 radical (unpaired) electrons. The summed E-state index contributed by atoms with van der Waals surface area (Å²) in [5.41, 5.74) is 3.31. The van der Waals surface area contributed by atoms with E-state index < -0.39 is 0 Å². The van der Waals surface area contributed by atoms with E-state index in [0.717, 1.165) is 17.7 Å². The Bertz CT molecular complexity index is 421. The van der Waals surface area contributed by atoms with E-state index in [4.69, 9.17) is 4.74 Å². The molecule has 0 saturated heterocycles. The summed E-state index contributed by atoms with van der Waals surface area (Å²) in [7, 11) is 0. The lowest BCUT2D eigenvalue weighted by Gasteiger charge is -2.31. The average Bonchev–Trinajstić information content (AvgIpc) is 2.92. The standard InChI is InChI=1S/C18H27BrO/c1-3-10-18(13-19,11-4-2)14-20-17-9-8-15-6-5-7-16(15)12-17/h8-9,12H,3-7,10-11,13-14H2,1-2H3. The van der Waals surface area contributed by atoms with Crippen molar-refractivity contribution in [1.82, 2.24) is 0 Å². The van der Waals surface area contributed by atoms with Crippen molar-refractivity contribution in [1.29, 1.82) is 0 Å². The third-order valence-corrected chi connectivity index (χ3v) is 5.65. The van der Waals surface area contributed by atoms with Gasteiger partial charge in [0.1, 0.15) is 5.75 Å². The molecule has 0 saturated carbocycles. The van der Waals surface area contributed by atoms with Crippen LogP contribution in [0.3, 0.4) is 0 Å². The van der Waals surface area contributed by atoms with Gasteiger partial charge < -0.3 is 4.74 Å². The van der Waals surface area contributed by atoms with Crippen LogP contribution in [0.15, 0.2) is 18.2 Å². The number of alkyl halides is 1. The van der Waals surface area contributed by atoms with Crippen molar-refractivity contribution in [2.24, 2.45) is 5.41 Å². The number of benzene rings is 1. The maximum absolute atomic E-state index is 6.16. The molecule has 0 unspecified atom stereocenters. The van der Waals surface area contributed by atoms with Crippen molar-refractivity contribution in [2.75, 3.05) is 11.9 Å². The van der Waals surface area contributed by atoms with Gasteiger partial charge in [-0.1, -0.05) is 48.7 Å². The lowest BCUT2D eigenvalue weighted by Crippen LogP contribution is -2.30. The first-order valence-corrected chi connectivity index (χ1v) is 9.16. The molecule has 0 heterocycles. The maximum atomic E-state index is 6.16. The predicted molar refractivity (Wildman–Crippen MR) is 90.0 cm³/mol. The van der Waals surface area contributed by atoms with Crippen LogP contribution < -0.4 is 4.74 Å². The minimum Gasteiger partial charge on any atom is -0.493 e. The van der Waals surface area contributed by atoms with E-state index in [0.29, 0.717) is 5.41 Å². The lowest BCUT2D eigenvalue weighted by atomic mass is 9.82. The number of fused-ring (bicyclic) bond motifs is 1. The summed E-state index contributed by atoms with van der Waals surface area (Å²) < 4.78 is 6.16. The maximum Gasteiger partial charge on any atom is 0.119 e. The summed E-state index contributed by atoms with van der Waals surface area (Å²) in [5, 5.41) is 1.03. The Morgan fingerprint density at radius 3 is 2.45 bits per heavy atom. The molecular weight excluding hydrogens is 312 g/mol. The van der Waals surface area contributed by atoms with Gasteiger partial charge in [-0.25, -0.2) is 0 Å². The van der Waals surface area contributed by atoms with Gasteiger partial charge in [-0.2, -0.15) is 0 Å². The van der Waals surface area contributed by atoms with E-state index in [1.54, 1.807) is 0 Å². The van der Waals surface area contributed by atoms with Crippen molar-refractivity contribution in [3.8, 4) is 5.75 Å². The summed E-state index contributed by atoms with van der Waals surface area (Å²) >= 11 is 3.72. The van der Waals surface area contributed by atoms with Crippen molar-refractivity contribution < 1.29 is 4.74 Å².